The third-order valence-corrected chi connectivity index (χ3v) is 7.51. The molecule has 2 aliphatic heterocycles. The minimum atomic E-state index is -4.57. The normalized spacial score (nSPS) is 17.8. The Bertz CT molecular complexity index is 1720. The second kappa shape index (κ2) is 12.6. The van der Waals surface area contributed by atoms with Crippen LogP contribution in [0.5, 0.6) is 5.88 Å². The minimum Gasteiger partial charge on any atom is -0.471 e. The highest BCUT2D eigenvalue weighted by Crippen LogP contribution is 2.34. The first-order valence-corrected chi connectivity index (χ1v) is 14.2. The predicted octanol–water partition coefficient (Wildman–Crippen LogP) is 3.71. The number of nitrogens with one attached hydrogen (secondary N) is 1. The summed E-state index contributed by atoms with van der Waals surface area (Å²) in [5, 5.41) is 7.05. The Kier molecular flexibility index (Phi) is 8.47. The van der Waals surface area contributed by atoms with Crippen molar-refractivity contribution in [2.75, 3.05) is 51.8 Å². The first kappa shape index (κ1) is 29.6. The molecular weight excluding hydrogens is 575 g/mol. The number of likely N-dealkylation sites (N-methyl/N-ethyl adjacent to an activating group) is 1. The van der Waals surface area contributed by atoms with Gasteiger partial charge in [-0.25, -0.2) is 9.50 Å². The van der Waals surface area contributed by atoms with Crippen molar-refractivity contribution < 1.29 is 27.4 Å². The number of carbonyl (C=O) groups is 1. The summed E-state index contributed by atoms with van der Waals surface area (Å²) in [6.45, 7) is 4.34. The molecule has 44 heavy (non-hydrogen) atoms. The zero-order chi connectivity index (χ0) is 30.7. The van der Waals surface area contributed by atoms with E-state index < -0.39 is 17.6 Å². The van der Waals surface area contributed by atoms with E-state index >= 15 is 0 Å². The highest BCUT2D eigenvalue weighted by atomic mass is 19.4. The summed E-state index contributed by atoms with van der Waals surface area (Å²) in [5.41, 5.74) is 1.12. The van der Waals surface area contributed by atoms with Crippen LogP contribution in [0.2, 0.25) is 0 Å². The summed E-state index contributed by atoms with van der Waals surface area (Å²) >= 11 is 0. The maximum Gasteiger partial charge on any atom is 0.416 e. The van der Waals surface area contributed by atoms with Crippen molar-refractivity contribution in [1.29, 1.82) is 0 Å². The van der Waals surface area contributed by atoms with Gasteiger partial charge in [-0.1, -0.05) is 12.0 Å². The van der Waals surface area contributed by atoms with E-state index in [1.54, 1.807) is 22.8 Å². The lowest BCUT2D eigenvalue weighted by Gasteiger charge is -2.33. The lowest BCUT2D eigenvalue weighted by atomic mass is 10.0. The summed E-state index contributed by atoms with van der Waals surface area (Å²) in [6, 6.07) is 8.94. The second-order valence-electron chi connectivity index (χ2n) is 10.8. The van der Waals surface area contributed by atoms with Crippen molar-refractivity contribution in [1.82, 2.24) is 29.4 Å². The molecule has 1 amide bonds. The Morgan fingerprint density at radius 2 is 1.93 bits per heavy atom. The molecule has 6 rings (SSSR count). The van der Waals surface area contributed by atoms with E-state index in [0.29, 0.717) is 49.1 Å². The predicted molar refractivity (Wildman–Crippen MR) is 155 cm³/mol. The van der Waals surface area contributed by atoms with Gasteiger partial charge in [0.2, 0.25) is 5.88 Å². The number of rotatable bonds is 6. The van der Waals surface area contributed by atoms with E-state index in [0.717, 1.165) is 25.6 Å². The third-order valence-electron chi connectivity index (χ3n) is 7.51. The number of ether oxygens (including phenoxy) is 2. The van der Waals surface area contributed by atoms with Crippen LogP contribution >= 0.6 is 0 Å². The largest absolute Gasteiger partial charge is 0.471 e. The van der Waals surface area contributed by atoms with Gasteiger partial charge in [-0.3, -0.25) is 14.7 Å². The van der Waals surface area contributed by atoms with Gasteiger partial charge in [0.15, 0.2) is 5.65 Å². The number of anilines is 1. The number of aromatic nitrogens is 4. The van der Waals surface area contributed by atoms with Crippen LogP contribution in [0.1, 0.15) is 39.2 Å². The maximum absolute atomic E-state index is 14.0. The third kappa shape index (κ3) is 6.99. The smallest absolute Gasteiger partial charge is 0.416 e. The Labute approximate surface area is 251 Å². The standard InChI is InChI=1S/C31H30F3N7O3/c1-39-9-11-40(12-10-39)19-22-3-4-24(15-27(22)31(32,33)34)37-30(42)23-14-21(16-35-17-23)2-5-25-18-36-28-6-7-29(38-41(25)28)44-26-8-13-43-20-26/h3-4,6-7,14-18,26H,8-13,19-20H2,1H3,(H,37,42)/t26-/m0/s1. The molecule has 4 aromatic rings. The Hall–Kier alpha value is -4.51. The first-order valence-electron chi connectivity index (χ1n) is 14.2. The lowest BCUT2D eigenvalue weighted by molar-refractivity contribution is -0.138. The van der Waals surface area contributed by atoms with Crippen LogP contribution in [0, 0.1) is 11.8 Å². The molecule has 3 aromatic heterocycles. The van der Waals surface area contributed by atoms with E-state index in [4.69, 9.17) is 9.47 Å². The molecule has 0 saturated carbocycles. The van der Waals surface area contributed by atoms with Gasteiger partial charge in [0.25, 0.3) is 5.91 Å². The molecule has 1 aromatic carbocycles. The number of hydrogen-bond acceptors (Lipinski definition) is 8. The van der Waals surface area contributed by atoms with Gasteiger partial charge >= 0.3 is 6.18 Å². The molecule has 10 nitrogen and oxygen atoms in total. The minimum absolute atomic E-state index is 0.0416. The van der Waals surface area contributed by atoms with Gasteiger partial charge < -0.3 is 19.7 Å². The lowest BCUT2D eigenvalue weighted by Crippen LogP contribution is -2.44. The summed E-state index contributed by atoms with van der Waals surface area (Å²) < 4.78 is 54.7. The fourth-order valence-corrected chi connectivity index (χ4v) is 5.06. The van der Waals surface area contributed by atoms with Gasteiger partial charge in [0.05, 0.1) is 30.5 Å². The maximum atomic E-state index is 14.0. The molecule has 2 aliphatic rings. The molecule has 0 spiro atoms. The monoisotopic (exact) mass is 605 g/mol. The fraction of sp³-hybridized carbons (Fsp3) is 0.355. The topological polar surface area (TPSA) is 97.1 Å². The zero-order valence-electron chi connectivity index (χ0n) is 24.0. The molecule has 0 radical (unpaired) electrons. The molecule has 5 heterocycles. The molecule has 0 unspecified atom stereocenters. The van der Waals surface area contributed by atoms with Crippen molar-refractivity contribution >= 4 is 17.2 Å². The van der Waals surface area contributed by atoms with E-state index in [1.807, 2.05) is 11.9 Å². The van der Waals surface area contributed by atoms with E-state index in [1.165, 1.54) is 30.6 Å². The van der Waals surface area contributed by atoms with Crippen molar-refractivity contribution in [2.24, 2.45) is 0 Å². The van der Waals surface area contributed by atoms with Crippen LogP contribution in [0.25, 0.3) is 5.65 Å². The second-order valence-corrected chi connectivity index (χ2v) is 10.8. The number of fused-ring (bicyclic) bond motifs is 1. The van der Waals surface area contributed by atoms with Crippen LogP contribution in [0.4, 0.5) is 18.9 Å². The first-order chi connectivity index (χ1) is 21.2. The van der Waals surface area contributed by atoms with E-state index in [2.05, 4.69) is 37.1 Å². The molecular formula is C31H30F3N7O3. The fourth-order valence-electron chi connectivity index (χ4n) is 5.06. The molecule has 0 bridgehead atoms. The van der Waals surface area contributed by atoms with Crippen molar-refractivity contribution in [3.8, 4) is 17.7 Å². The summed E-state index contributed by atoms with van der Waals surface area (Å²) in [4.78, 5) is 25.6. The number of halogens is 3. The average Bonchev–Trinajstić information content (AvgIpc) is 3.67. The Morgan fingerprint density at radius 3 is 2.70 bits per heavy atom. The van der Waals surface area contributed by atoms with Crippen LogP contribution in [-0.2, 0) is 17.5 Å². The van der Waals surface area contributed by atoms with Crippen LogP contribution in [0.3, 0.4) is 0 Å². The molecule has 1 N–H and O–H groups in total. The quantitative estimate of drug-likeness (QED) is 0.333. The number of alkyl halides is 3. The number of piperazine rings is 1. The van der Waals surface area contributed by atoms with Crippen molar-refractivity contribution in [3.05, 3.63) is 82.9 Å². The van der Waals surface area contributed by atoms with Gasteiger partial charge in [0, 0.05) is 68.9 Å². The molecule has 1 atom stereocenters. The molecule has 0 aliphatic carbocycles. The highest BCUT2D eigenvalue weighted by molar-refractivity contribution is 6.04. The Balaban J connectivity index is 1.16. The molecule has 228 valence electrons. The van der Waals surface area contributed by atoms with Crippen LogP contribution < -0.4 is 10.1 Å². The number of hydrogen-bond donors (Lipinski definition) is 1. The van der Waals surface area contributed by atoms with Crippen LogP contribution in [-0.4, -0.2) is 87.8 Å². The van der Waals surface area contributed by atoms with Gasteiger partial charge in [-0.2, -0.15) is 13.2 Å². The number of amides is 1. The number of nitrogens with zero attached hydrogens (tertiary/aromatic N) is 6. The van der Waals surface area contributed by atoms with Crippen molar-refractivity contribution in [3.63, 3.8) is 0 Å². The number of pyridine rings is 1. The number of benzene rings is 1. The molecule has 2 saturated heterocycles. The summed E-state index contributed by atoms with van der Waals surface area (Å²) in [7, 11) is 1.99. The number of carbonyl (C=O) groups excluding carboxylic acids is 1. The summed E-state index contributed by atoms with van der Waals surface area (Å²) in [5.74, 6) is 5.77. The Morgan fingerprint density at radius 1 is 1.09 bits per heavy atom. The van der Waals surface area contributed by atoms with E-state index in [9.17, 15) is 18.0 Å². The zero-order valence-corrected chi connectivity index (χ0v) is 24.0. The molecule has 2 fully saturated rings. The molecule has 13 heteroatoms. The van der Waals surface area contributed by atoms with Crippen molar-refractivity contribution in [2.45, 2.75) is 25.2 Å². The SMILES string of the molecule is CN1CCN(Cc2ccc(NC(=O)c3cncc(C#Cc4cnc5ccc(O[C@H]6CCOC6)nn45)c3)cc2C(F)(F)F)CC1. The van der Waals surface area contributed by atoms with Gasteiger partial charge in [-0.15, -0.1) is 5.10 Å². The van der Waals surface area contributed by atoms with E-state index in [-0.39, 0.29) is 29.5 Å². The highest BCUT2D eigenvalue weighted by Gasteiger charge is 2.34. The number of imidazole rings is 1. The average molecular weight is 606 g/mol. The van der Waals surface area contributed by atoms with Gasteiger partial charge in [0.1, 0.15) is 11.8 Å². The van der Waals surface area contributed by atoms with Crippen LogP contribution in [0.15, 0.2) is 55.0 Å². The van der Waals surface area contributed by atoms with Gasteiger partial charge in [-0.05, 0) is 42.8 Å². The summed E-state index contributed by atoms with van der Waals surface area (Å²) in [6.07, 6.45) is 0.567.